The van der Waals surface area contributed by atoms with Crippen molar-refractivity contribution in [2.75, 3.05) is 14.2 Å². The summed E-state index contributed by atoms with van der Waals surface area (Å²) >= 11 is 0. The molecule has 8 heteroatoms. The number of nitrogens with zero attached hydrogens (tertiary/aromatic N) is 1. The molecule has 0 fully saturated rings. The Labute approximate surface area is 189 Å². The van der Waals surface area contributed by atoms with Crippen LogP contribution in [0.3, 0.4) is 0 Å². The topological polar surface area (TPSA) is 65.5 Å². The Hall–Kier alpha value is -3.94. The molecule has 2 aromatic carbocycles. The first-order chi connectivity index (χ1) is 15.8. The average Bonchev–Trinajstić information content (AvgIpc) is 2.84. The van der Waals surface area contributed by atoms with Crippen LogP contribution in [0.5, 0.6) is 11.5 Å². The quantitative estimate of drug-likeness (QED) is 0.478. The van der Waals surface area contributed by atoms with Crippen LogP contribution >= 0.6 is 0 Å². The molecule has 0 unspecified atom stereocenters. The smallest absolute Gasteiger partial charge is 0.270 e. The molecule has 172 valence electrons. The van der Waals surface area contributed by atoms with Crippen molar-refractivity contribution in [1.29, 1.82) is 0 Å². The van der Waals surface area contributed by atoms with Gasteiger partial charge in [-0.2, -0.15) is 0 Å². The van der Waals surface area contributed by atoms with Crippen molar-refractivity contribution in [3.8, 4) is 11.5 Å². The third-order valence-electron chi connectivity index (χ3n) is 4.41. The molecule has 0 saturated carbocycles. The Morgan fingerprint density at radius 1 is 1.00 bits per heavy atom. The molecular formula is C25H22F3NO4. The SMILES string of the molecule is COc1cc2cnccc2cc1F.COc1cccc(C=O)c1.O=CC1=CCC(F)(F)C=C1. The number of benzene rings is 2. The van der Waals surface area contributed by atoms with Crippen molar-refractivity contribution >= 4 is 23.3 Å². The monoisotopic (exact) mass is 457 g/mol. The summed E-state index contributed by atoms with van der Waals surface area (Å²) in [5, 5.41) is 1.70. The minimum absolute atomic E-state index is 0.250. The molecule has 0 radical (unpaired) electrons. The van der Waals surface area contributed by atoms with E-state index >= 15 is 0 Å². The van der Waals surface area contributed by atoms with Gasteiger partial charge < -0.3 is 9.47 Å². The highest BCUT2D eigenvalue weighted by atomic mass is 19.3. The largest absolute Gasteiger partial charge is 0.497 e. The summed E-state index contributed by atoms with van der Waals surface area (Å²) in [6.45, 7) is 0. The highest BCUT2D eigenvalue weighted by Gasteiger charge is 2.25. The maximum atomic E-state index is 13.2. The van der Waals surface area contributed by atoms with E-state index in [9.17, 15) is 22.8 Å². The molecule has 5 nitrogen and oxygen atoms in total. The van der Waals surface area contributed by atoms with Gasteiger partial charge in [-0.05, 0) is 41.8 Å². The number of aldehydes is 2. The van der Waals surface area contributed by atoms with E-state index in [0.717, 1.165) is 29.2 Å². The number of pyridine rings is 1. The molecule has 4 rings (SSSR count). The molecule has 1 aliphatic carbocycles. The lowest BCUT2D eigenvalue weighted by Gasteiger charge is -2.11. The lowest BCUT2D eigenvalue weighted by Crippen LogP contribution is -2.13. The number of ether oxygens (including phenoxy) is 2. The molecule has 0 atom stereocenters. The van der Waals surface area contributed by atoms with Gasteiger partial charge in [0.05, 0.1) is 14.2 Å². The van der Waals surface area contributed by atoms with Crippen LogP contribution in [0.1, 0.15) is 16.8 Å². The Morgan fingerprint density at radius 3 is 2.39 bits per heavy atom. The minimum atomic E-state index is -2.76. The maximum Gasteiger partial charge on any atom is 0.270 e. The van der Waals surface area contributed by atoms with Gasteiger partial charge >= 0.3 is 0 Å². The number of hydrogen-bond acceptors (Lipinski definition) is 5. The van der Waals surface area contributed by atoms with Crippen molar-refractivity contribution < 1.29 is 32.2 Å². The van der Waals surface area contributed by atoms with Gasteiger partial charge in [-0.15, -0.1) is 0 Å². The fourth-order valence-electron chi connectivity index (χ4n) is 2.65. The molecule has 1 heterocycles. The van der Waals surface area contributed by atoms with Crippen molar-refractivity contribution in [3.63, 3.8) is 0 Å². The third kappa shape index (κ3) is 7.92. The molecule has 0 amide bonds. The Kier molecular flexibility index (Phi) is 9.35. The summed E-state index contributed by atoms with van der Waals surface area (Å²) in [6, 6.07) is 11.8. The summed E-state index contributed by atoms with van der Waals surface area (Å²) in [7, 11) is 3.02. The van der Waals surface area contributed by atoms with Crippen LogP contribution < -0.4 is 9.47 Å². The van der Waals surface area contributed by atoms with Crippen LogP contribution in [-0.2, 0) is 4.79 Å². The van der Waals surface area contributed by atoms with E-state index in [1.807, 2.05) is 0 Å². The second kappa shape index (κ2) is 12.2. The van der Waals surface area contributed by atoms with Crippen LogP contribution in [0, 0.1) is 5.82 Å². The van der Waals surface area contributed by atoms with Gasteiger partial charge in [0, 0.05) is 35.3 Å². The number of alkyl halides is 2. The summed E-state index contributed by atoms with van der Waals surface area (Å²) in [5.74, 6) is -2.14. The summed E-state index contributed by atoms with van der Waals surface area (Å²) in [5.41, 5.74) is 0.963. The second-order valence-electron chi connectivity index (χ2n) is 6.72. The highest BCUT2D eigenvalue weighted by molar-refractivity contribution is 5.83. The van der Waals surface area contributed by atoms with Crippen LogP contribution in [-0.4, -0.2) is 37.7 Å². The van der Waals surface area contributed by atoms with Crippen LogP contribution in [0.25, 0.3) is 10.8 Å². The molecule has 1 aromatic heterocycles. The van der Waals surface area contributed by atoms with E-state index in [-0.39, 0.29) is 18.0 Å². The van der Waals surface area contributed by atoms with Crippen LogP contribution in [0.4, 0.5) is 13.2 Å². The normalized spacial score (nSPS) is 13.4. The molecule has 33 heavy (non-hydrogen) atoms. The predicted molar refractivity (Wildman–Crippen MR) is 119 cm³/mol. The summed E-state index contributed by atoms with van der Waals surface area (Å²) in [6.07, 6.45) is 7.41. The van der Waals surface area contributed by atoms with Gasteiger partial charge in [0.1, 0.15) is 18.3 Å². The van der Waals surface area contributed by atoms with E-state index < -0.39 is 5.92 Å². The van der Waals surface area contributed by atoms with E-state index in [1.54, 1.807) is 55.9 Å². The first-order valence-corrected chi connectivity index (χ1v) is 9.70. The zero-order valence-corrected chi connectivity index (χ0v) is 18.0. The number of fused-ring (bicyclic) bond motifs is 1. The molecule has 0 bridgehead atoms. The average molecular weight is 457 g/mol. The number of rotatable bonds is 4. The van der Waals surface area contributed by atoms with E-state index in [2.05, 4.69) is 4.98 Å². The number of carbonyl (C=O) groups excluding carboxylic acids is 2. The zero-order valence-electron chi connectivity index (χ0n) is 18.0. The van der Waals surface area contributed by atoms with Crippen LogP contribution in [0.2, 0.25) is 0 Å². The molecule has 0 spiro atoms. The Morgan fingerprint density at radius 2 is 1.79 bits per heavy atom. The van der Waals surface area contributed by atoms with Gasteiger partial charge in [0.25, 0.3) is 5.92 Å². The number of methoxy groups -OCH3 is 2. The van der Waals surface area contributed by atoms with Crippen molar-refractivity contribution in [2.45, 2.75) is 12.3 Å². The molecule has 3 aromatic rings. The number of aromatic nitrogens is 1. The van der Waals surface area contributed by atoms with Gasteiger partial charge in [-0.1, -0.05) is 24.3 Å². The summed E-state index contributed by atoms with van der Waals surface area (Å²) in [4.78, 5) is 24.2. The van der Waals surface area contributed by atoms with Crippen molar-refractivity contribution in [2.24, 2.45) is 0 Å². The molecule has 0 aliphatic heterocycles. The van der Waals surface area contributed by atoms with Gasteiger partial charge in [0.15, 0.2) is 11.6 Å². The molecule has 0 N–H and O–H groups in total. The van der Waals surface area contributed by atoms with Crippen molar-refractivity contribution in [1.82, 2.24) is 4.98 Å². The molecule has 0 saturated heterocycles. The predicted octanol–water partition coefficient (Wildman–Crippen LogP) is 5.60. The lowest BCUT2D eigenvalue weighted by atomic mass is 10.1. The van der Waals surface area contributed by atoms with E-state index in [4.69, 9.17) is 9.47 Å². The van der Waals surface area contributed by atoms with Gasteiger partial charge in [-0.25, -0.2) is 13.2 Å². The fraction of sp³-hybridized carbons (Fsp3) is 0.160. The first kappa shape index (κ1) is 25.3. The Bertz CT molecular complexity index is 1160. The van der Waals surface area contributed by atoms with Crippen molar-refractivity contribution in [3.05, 3.63) is 90.0 Å². The van der Waals surface area contributed by atoms with E-state index in [0.29, 0.717) is 23.2 Å². The fourth-order valence-corrected chi connectivity index (χ4v) is 2.65. The first-order valence-electron chi connectivity index (χ1n) is 9.70. The number of carbonyl (C=O) groups is 2. The maximum absolute atomic E-state index is 13.2. The zero-order chi connectivity index (χ0) is 24.3. The highest BCUT2D eigenvalue weighted by Crippen LogP contribution is 2.25. The summed E-state index contributed by atoms with van der Waals surface area (Å²) < 4.78 is 47.5. The molecule has 1 aliphatic rings. The number of hydrogen-bond donors (Lipinski definition) is 0. The lowest BCUT2D eigenvalue weighted by molar-refractivity contribution is -0.104. The van der Waals surface area contributed by atoms with Crippen LogP contribution in [0.15, 0.2) is 78.7 Å². The number of allylic oxidation sites excluding steroid dienone is 4. The van der Waals surface area contributed by atoms with E-state index in [1.165, 1.54) is 19.3 Å². The Balaban J connectivity index is 0.000000178. The number of halogens is 3. The third-order valence-corrected chi connectivity index (χ3v) is 4.41. The standard InChI is InChI=1S/C10H8FNO.C8H8O2.C7H6F2O/c1-13-10-5-8-6-12-3-2-7(8)4-9(10)11;1-10-8-4-2-3-7(5-8)6-9;8-7(9)3-1-6(5-10)2-4-7/h2-6H,1H3;2-6H,1H3;1-3,5H,4H2. The van der Waals surface area contributed by atoms with Gasteiger partial charge in [-0.3, -0.25) is 14.6 Å². The molecular weight excluding hydrogens is 435 g/mol. The van der Waals surface area contributed by atoms with Gasteiger partial charge in [0.2, 0.25) is 0 Å². The second-order valence-corrected chi connectivity index (χ2v) is 6.72. The minimum Gasteiger partial charge on any atom is -0.497 e.